The number of benzene rings is 1. The van der Waals surface area contributed by atoms with Crippen LogP contribution < -0.4 is 15.0 Å². The molecule has 1 aliphatic rings. The number of nitrogens with one attached hydrogen (secondary N) is 1. The maximum Gasteiger partial charge on any atom is 0.224 e. The third-order valence-corrected chi connectivity index (χ3v) is 6.31. The Bertz CT molecular complexity index is 1120. The SMILES string of the molecule is COc1ccc(NC(=O)CCc2c(C)nn(-c3ccc(N4CCCCC4)nn3)c2C)cc1Cl. The summed E-state index contributed by atoms with van der Waals surface area (Å²) in [7, 11) is 1.55. The van der Waals surface area contributed by atoms with E-state index in [0.717, 1.165) is 35.9 Å². The van der Waals surface area contributed by atoms with Crippen molar-refractivity contribution in [1.29, 1.82) is 0 Å². The van der Waals surface area contributed by atoms with Gasteiger partial charge in [-0.2, -0.15) is 5.10 Å². The van der Waals surface area contributed by atoms with Crippen molar-refractivity contribution in [3.63, 3.8) is 0 Å². The highest BCUT2D eigenvalue weighted by molar-refractivity contribution is 6.32. The lowest BCUT2D eigenvalue weighted by molar-refractivity contribution is -0.116. The number of hydrogen-bond donors (Lipinski definition) is 1. The average molecular weight is 469 g/mol. The van der Waals surface area contributed by atoms with Crippen LogP contribution in [0, 0.1) is 13.8 Å². The zero-order valence-electron chi connectivity index (χ0n) is 19.3. The molecule has 3 aromatic rings. The zero-order chi connectivity index (χ0) is 23.4. The number of amides is 1. The molecule has 1 fully saturated rings. The van der Waals surface area contributed by atoms with Gasteiger partial charge in [-0.25, -0.2) is 4.68 Å². The Morgan fingerprint density at radius 3 is 2.48 bits per heavy atom. The lowest BCUT2D eigenvalue weighted by Crippen LogP contribution is -2.30. The van der Waals surface area contributed by atoms with Crippen molar-refractivity contribution >= 4 is 29.0 Å². The van der Waals surface area contributed by atoms with E-state index in [0.29, 0.717) is 35.1 Å². The molecular formula is C24H29ClN6O2. The summed E-state index contributed by atoms with van der Waals surface area (Å²) in [5.41, 5.74) is 3.53. The summed E-state index contributed by atoms with van der Waals surface area (Å²) in [5.74, 6) is 2.07. The van der Waals surface area contributed by atoms with Crippen molar-refractivity contribution in [1.82, 2.24) is 20.0 Å². The van der Waals surface area contributed by atoms with E-state index in [-0.39, 0.29) is 5.91 Å². The van der Waals surface area contributed by atoms with Gasteiger partial charge < -0.3 is 15.0 Å². The topological polar surface area (TPSA) is 85.2 Å². The molecule has 1 aromatic carbocycles. The number of piperidine rings is 1. The largest absolute Gasteiger partial charge is 0.495 e. The molecular weight excluding hydrogens is 440 g/mol. The molecule has 174 valence electrons. The van der Waals surface area contributed by atoms with Crippen molar-refractivity contribution in [3.05, 3.63) is 52.3 Å². The molecule has 1 N–H and O–H groups in total. The number of carbonyl (C=O) groups excluding carboxylic acids is 1. The fourth-order valence-electron chi connectivity index (χ4n) is 4.19. The Morgan fingerprint density at radius 1 is 1.09 bits per heavy atom. The van der Waals surface area contributed by atoms with Gasteiger partial charge in [0.25, 0.3) is 0 Å². The van der Waals surface area contributed by atoms with Crippen LogP contribution in [-0.4, -0.2) is 46.1 Å². The van der Waals surface area contributed by atoms with Gasteiger partial charge in [-0.1, -0.05) is 11.6 Å². The van der Waals surface area contributed by atoms with Gasteiger partial charge in [0.05, 0.1) is 17.8 Å². The lowest BCUT2D eigenvalue weighted by Gasteiger charge is -2.27. The smallest absolute Gasteiger partial charge is 0.224 e. The van der Waals surface area contributed by atoms with Gasteiger partial charge in [-0.3, -0.25) is 4.79 Å². The van der Waals surface area contributed by atoms with Crippen LogP contribution in [0.4, 0.5) is 11.5 Å². The standard InChI is InChI=1S/C24H29ClN6O2/c1-16-19(8-12-24(32)26-18-7-9-21(33-3)20(25)15-18)17(2)31(29-16)23-11-10-22(27-28-23)30-13-5-4-6-14-30/h7,9-11,15H,4-6,8,12-14H2,1-3H3,(H,26,32). The molecule has 3 heterocycles. The van der Waals surface area contributed by atoms with Crippen LogP contribution in [0.1, 0.15) is 42.6 Å². The maximum atomic E-state index is 12.5. The first kappa shape index (κ1) is 23.0. The van der Waals surface area contributed by atoms with Crippen molar-refractivity contribution in [2.24, 2.45) is 0 Å². The molecule has 0 radical (unpaired) electrons. The van der Waals surface area contributed by atoms with E-state index in [2.05, 4.69) is 25.5 Å². The number of aromatic nitrogens is 4. The Labute approximate surface area is 198 Å². The predicted octanol–water partition coefficient (Wildman–Crippen LogP) is 4.50. The average Bonchev–Trinajstić information content (AvgIpc) is 3.11. The molecule has 2 aromatic heterocycles. The molecule has 1 amide bonds. The highest BCUT2D eigenvalue weighted by Gasteiger charge is 2.17. The summed E-state index contributed by atoms with van der Waals surface area (Å²) in [6, 6.07) is 9.15. The van der Waals surface area contributed by atoms with Crippen LogP contribution in [0.25, 0.3) is 5.82 Å². The van der Waals surface area contributed by atoms with E-state index in [1.54, 1.807) is 30.0 Å². The van der Waals surface area contributed by atoms with Crippen LogP contribution in [0.5, 0.6) is 5.75 Å². The first-order valence-corrected chi connectivity index (χ1v) is 11.6. The summed E-state index contributed by atoms with van der Waals surface area (Å²) >= 11 is 6.14. The Hall–Kier alpha value is -3.13. The van der Waals surface area contributed by atoms with Crippen LogP contribution in [0.15, 0.2) is 30.3 Å². The number of ether oxygens (including phenoxy) is 1. The van der Waals surface area contributed by atoms with Crippen molar-refractivity contribution in [2.75, 3.05) is 30.4 Å². The molecule has 1 aliphatic heterocycles. The van der Waals surface area contributed by atoms with Crippen molar-refractivity contribution < 1.29 is 9.53 Å². The Morgan fingerprint density at radius 2 is 1.82 bits per heavy atom. The fraction of sp³-hybridized carbons (Fsp3) is 0.417. The Kier molecular flexibility index (Phi) is 7.13. The number of halogens is 1. The van der Waals surface area contributed by atoms with Gasteiger partial charge in [-0.15, -0.1) is 10.2 Å². The normalized spacial score (nSPS) is 13.8. The molecule has 8 nitrogen and oxygen atoms in total. The summed E-state index contributed by atoms with van der Waals surface area (Å²) in [6.07, 6.45) is 4.58. The second-order valence-electron chi connectivity index (χ2n) is 8.26. The van der Waals surface area contributed by atoms with E-state index in [4.69, 9.17) is 16.3 Å². The van der Waals surface area contributed by atoms with E-state index >= 15 is 0 Å². The van der Waals surface area contributed by atoms with Gasteiger partial charge in [0.2, 0.25) is 5.91 Å². The highest BCUT2D eigenvalue weighted by atomic mass is 35.5. The first-order valence-electron chi connectivity index (χ1n) is 11.2. The summed E-state index contributed by atoms with van der Waals surface area (Å²) in [4.78, 5) is 14.8. The van der Waals surface area contributed by atoms with Gasteiger partial charge >= 0.3 is 0 Å². The molecule has 0 unspecified atom stereocenters. The number of carbonyl (C=O) groups is 1. The first-order chi connectivity index (χ1) is 16.0. The fourth-order valence-corrected chi connectivity index (χ4v) is 4.45. The van der Waals surface area contributed by atoms with E-state index < -0.39 is 0 Å². The molecule has 0 spiro atoms. The lowest BCUT2D eigenvalue weighted by atomic mass is 10.1. The molecule has 0 bridgehead atoms. The van der Waals surface area contributed by atoms with Crippen LogP contribution in [0.3, 0.4) is 0 Å². The number of hydrogen-bond acceptors (Lipinski definition) is 6. The minimum atomic E-state index is -0.0894. The minimum absolute atomic E-state index is 0.0894. The van der Waals surface area contributed by atoms with E-state index in [1.807, 2.05) is 26.0 Å². The second-order valence-corrected chi connectivity index (χ2v) is 8.66. The molecule has 0 saturated carbocycles. The highest BCUT2D eigenvalue weighted by Crippen LogP contribution is 2.27. The van der Waals surface area contributed by atoms with E-state index in [9.17, 15) is 4.79 Å². The quantitative estimate of drug-likeness (QED) is 0.549. The third-order valence-electron chi connectivity index (χ3n) is 6.01. The van der Waals surface area contributed by atoms with Gasteiger partial charge in [-0.05, 0) is 75.4 Å². The molecule has 1 saturated heterocycles. The van der Waals surface area contributed by atoms with Gasteiger partial charge in [0.15, 0.2) is 11.6 Å². The number of anilines is 2. The van der Waals surface area contributed by atoms with Crippen molar-refractivity contribution in [2.45, 2.75) is 46.0 Å². The molecule has 4 rings (SSSR count). The monoisotopic (exact) mass is 468 g/mol. The predicted molar refractivity (Wildman–Crippen MR) is 130 cm³/mol. The van der Waals surface area contributed by atoms with E-state index in [1.165, 1.54) is 19.3 Å². The maximum absolute atomic E-state index is 12.5. The van der Waals surface area contributed by atoms with Crippen LogP contribution >= 0.6 is 11.6 Å². The van der Waals surface area contributed by atoms with Crippen molar-refractivity contribution in [3.8, 4) is 11.6 Å². The minimum Gasteiger partial charge on any atom is -0.495 e. The Balaban J connectivity index is 1.41. The van der Waals surface area contributed by atoms with Crippen LogP contribution in [-0.2, 0) is 11.2 Å². The number of methoxy groups -OCH3 is 1. The van der Waals surface area contributed by atoms with Crippen LogP contribution in [0.2, 0.25) is 5.02 Å². The third kappa shape index (κ3) is 5.27. The summed E-state index contributed by atoms with van der Waals surface area (Å²) < 4.78 is 6.95. The summed E-state index contributed by atoms with van der Waals surface area (Å²) in [5, 5.41) is 16.8. The number of aryl methyl sites for hydroxylation is 1. The molecule has 33 heavy (non-hydrogen) atoms. The molecule has 0 aliphatic carbocycles. The summed E-state index contributed by atoms with van der Waals surface area (Å²) in [6.45, 7) is 6.01. The van der Waals surface area contributed by atoms with Gasteiger partial charge in [0.1, 0.15) is 5.75 Å². The molecule has 9 heteroatoms. The van der Waals surface area contributed by atoms with Gasteiger partial charge in [0, 0.05) is 30.9 Å². The molecule has 0 atom stereocenters. The number of nitrogens with zero attached hydrogens (tertiary/aromatic N) is 5. The number of rotatable bonds is 7. The zero-order valence-corrected chi connectivity index (χ0v) is 20.0. The second kappa shape index (κ2) is 10.2.